The summed E-state index contributed by atoms with van der Waals surface area (Å²) in [5.41, 5.74) is -1.73. The number of hydrogen-bond acceptors (Lipinski definition) is 4. The van der Waals surface area contributed by atoms with Gasteiger partial charge in [0.2, 0.25) is 0 Å². The van der Waals surface area contributed by atoms with Crippen molar-refractivity contribution in [2.24, 2.45) is 22.7 Å². The Morgan fingerprint density at radius 1 is 1.08 bits per heavy atom. The minimum absolute atomic E-state index is 0.106. The van der Waals surface area contributed by atoms with Crippen LogP contribution in [-0.4, -0.2) is 27.2 Å². The quantitative estimate of drug-likeness (QED) is 0.670. The highest BCUT2D eigenvalue weighted by molar-refractivity contribution is 5.91. The molecule has 0 aromatic heterocycles. The zero-order chi connectivity index (χ0) is 17.4. The number of rotatable bonds is 0. The van der Waals surface area contributed by atoms with Gasteiger partial charge in [0.25, 0.3) is 0 Å². The fourth-order valence-electron chi connectivity index (χ4n) is 6.70. The molecule has 4 rings (SSSR count). The summed E-state index contributed by atoms with van der Waals surface area (Å²) < 4.78 is 0. The van der Waals surface area contributed by atoms with Gasteiger partial charge in [0, 0.05) is 17.3 Å². The van der Waals surface area contributed by atoms with E-state index < -0.39 is 16.6 Å². The molecule has 0 radical (unpaired) electrons. The summed E-state index contributed by atoms with van der Waals surface area (Å²) in [6.45, 7) is 4.18. The zero-order valence-corrected chi connectivity index (χ0v) is 14.6. The molecule has 0 aliphatic heterocycles. The predicted molar refractivity (Wildman–Crippen MR) is 88.7 cm³/mol. The van der Waals surface area contributed by atoms with Crippen molar-refractivity contribution < 1.29 is 15.0 Å². The van der Waals surface area contributed by atoms with Crippen molar-refractivity contribution in [3.05, 3.63) is 11.6 Å². The van der Waals surface area contributed by atoms with E-state index in [4.69, 9.17) is 0 Å². The highest BCUT2D eigenvalue weighted by atomic mass is 16.3. The molecule has 0 saturated heterocycles. The van der Waals surface area contributed by atoms with Gasteiger partial charge in [-0.15, -0.1) is 0 Å². The Kier molecular flexibility index (Phi) is 3.20. The van der Waals surface area contributed by atoms with Crippen LogP contribution in [0.4, 0.5) is 0 Å². The van der Waals surface area contributed by atoms with E-state index in [9.17, 15) is 20.3 Å². The Morgan fingerprint density at radius 2 is 1.83 bits per heavy atom. The molecule has 3 fully saturated rings. The number of carbonyl (C=O) groups is 1. The normalized spacial score (nSPS) is 53.5. The van der Waals surface area contributed by atoms with Gasteiger partial charge in [-0.2, -0.15) is 5.26 Å². The summed E-state index contributed by atoms with van der Waals surface area (Å²) in [6, 6.07) is 2.18. The molecule has 0 spiro atoms. The summed E-state index contributed by atoms with van der Waals surface area (Å²) in [6.07, 6.45) is 7.32. The van der Waals surface area contributed by atoms with Gasteiger partial charge >= 0.3 is 0 Å². The Bertz CT molecular complexity index is 679. The fraction of sp³-hybridized carbons (Fsp3) is 0.800. The molecule has 0 unspecified atom stereocenters. The molecule has 2 N–H and O–H groups in total. The van der Waals surface area contributed by atoms with Crippen LogP contribution < -0.4 is 0 Å². The van der Waals surface area contributed by atoms with Crippen LogP contribution in [0.15, 0.2) is 11.6 Å². The first-order valence-corrected chi connectivity index (χ1v) is 9.30. The van der Waals surface area contributed by atoms with Gasteiger partial charge in [-0.1, -0.05) is 19.4 Å². The van der Waals surface area contributed by atoms with Gasteiger partial charge in [0.15, 0.2) is 11.4 Å². The number of nitrogens with zero attached hydrogens (tertiary/aromatic N) is 1. The first kappa shape index (κ1) is 16.3. The average molecular weight is 329 g/mol. The number of aliphatic hydroxyl groups is 2. The maximum atomic E-state index is 11.9. The highest BCUT2D eigenvalue weighted by Crippen LogP contribution is 2.68. The average Bonchev–Trinajstić information content (AvgIpc) is 2.82. The molecule has 4 aliphatic carbocycles. The molecule has 3 saturated carbocycles. The van der Waals surface area contributed by atoms with E-state index in [0.29, 0.717) is 25.7 Å². The van der Waals surface area contributed by atoms with Crippen LogP contribution in [0.5, 0.6) is 0 Å². The summed E-state index contributed by atoms with van der Waals surface area (Å²) in [4.78, 5) is 11.9. The maximum absolute atomic E-state index is 11.9. The van der Waals surface area contributed by atoms with E-state index in [1.54, 1.807) is 6.08 Å². The summed E-state index contributed by atoms with van der Waals surface area (Å²) in [5, 5.41) is 32.2. The smallest absolute Gasteiger partial charge is 0.156 e. The van der Waals surface area contributed by atoms with Crippen molar-refractivity contribution in [1.29, 1.82) is 5.26 Å². The monoisotopic (exact) mass is 329 g/mol. The van der Waals surface area contributed by atoms with Crippen LogP contribution in [0.25, 0.3) is 0 Å². The third-order valence-corrected chi connectivity index (χ3v) is 8.49. The molecule has 0 bridgehead atoms. The van der Waals surface area contributed by atoms with E-state index in [0.717, 1.165) is 31.3 Å². The van der Waals surface area contributed by atoms with Gasteiger partial charge < -0.3 is 10.2 Å². The molecule has 0 heterocycles. The number of ketones is 1. The SMILES string of the molecule is C[C@]12CCC(=O)C=C1CC[C@H]1[C@@H]3CC[C@](O)(C#N)[C@@]3(C)CC[C@@]12O. The molecule has 4 heteroatoms. The minimum Gasteiger partial charge on any atom is -0.389 e. The Balaban J connectivity index is 1.77. The van der Waals surface area contributed by atoms with Gasteiger partial charge in [0.05, 0.1) is 11.7 Å². The zero-order valence-electron chi connectivity index (χ0n) is 14.6. The van der Waals surface area contributed by atoms with Crippen LogP contribution in [0.1, 0.15) is 65.2 Å². The maximum Gasteiger partial charge on any atom is 0.156 e. The topological polar surface area (TPSA) is 81.3 Å². The van der Waals surface area contributed by atoms with Crippen LogP contribution in [0.3, 0.4) is 0 Å². The summed E-state index contributed by atoms with van der Waals surface area (Å²) in [5.74, 6) is 0.468. The second-order valence-corrected chi connectivity index (χ2v) is 9.07. The third kappa shape index (κ3) is 1.68. The lowest BCUT2D eigenvalue weighted by atomic mass is 9.44. The number of carbonyl (C=O) groups excluding carboxylic acids is 1. The van der Waals surface area contributed by atoms with E-state index >= 15 is 0 Å². The Morgan fingerprint density at radius 3 is 2.54 bits per heavy atom. The lowest BCUT2D eigenvalue weighted by molar-refractivity contribution is -0.202. The molecule has 24 heavy (non-hydrogen) atoms. The van der Waals surface area contributed by atoms with Crippen molar-refractivity contribution in [2.45, 2.75) is 76.4 Å². The minimum atomic E-state index is -1.27. The standard InChI is InChI=1S/C20H27NO3/c1-17-7-5-14(22)11-13(17)3-4-16-15-6-8-19(23,12-21)18(15,2)9-10-20(16,17)24/h11,15-16,23-24H,3-10H2,1-2H3/t15-,16-,17-,18-,19-,20+/m0/s1. The molecule has 4 nitrogen and oxygen atoms in total. The van der Waals surface area contributed by atoms with E-state index in [-0.39, 0.29) is 23.0 Å². The lowest BCUT2D eigenvalue weighted by Crippen LogP contribution is -2.64. The van der Waals surface area contributed by atoms with E-state index in [2.05, 4.69) is 13.0 Å². The Hall–Kier alpha value is -1.18. The van der Waals surface area contributed by atoms with Crippen molar-refractivity contribution in [3.8, 4) is 6.07 Å². The molecule has 6 atom stereocenters. The first-order valence-electron chi connectivity index (χ1n) is 9.30. The van der Waals surface area contributed by atoms with Crippen molar-refractivity contribution in [2.75, 3.05) is 0 Å². The second-order valence-electron chi connectivity index (χ2n) is 9.07. The molecule has 0 amide bonds. The summed E-state index contributed by atoms with van der Waals surface area (Å²) >= 11 is 0. The van der Waals surface area contributed by atoms with Gasteiger partial charge in [-0.05, 0) is 62.9 Å². The second kappa shape index (κ2) is 4.71. The lowest BCUT2D eigenvalue weighted by Gasteiger charge is -2.63. The van der Waals surface area contributed by atoms with Gasteiger partial charge in [-0.3, -0.25) is 4.79 Å². The molecular formula is C20H27NO3. The van der Waals surface area contributed by atoms with Crippen molar-refractivity contribution >= 4 is 5.78 Å². The number of hydrogen-bond donors (Lipinski definition) is 2. The van der Waals surface area contributed by atoms with Crippen LogP contribution >= 0.6 is 0 Å². The van der Waals surface area contributed by atoms with Gasteiger partial charge in [0.1, 0.15) is 0 Å². The largest absolute Gasteiger partial charge is 0.389 e. The van der Waals surface area contributed by atoms with E-state index in [1.807, 2.05) is 6.92 Å². The van der Waals surface area contributed by atoms with Crippen LogP contribution in [0, 0.1) is 34.0 Å². The number of nitriles is 1. The van der Waals surface area contributed by atoms with Crippen LogP contribution in [0.2, 0.25) is 0 Å². The molecule has 4 aliphatic rings. The number of fused-ring (bicyclic) bond motifs is 5. The Labute approximate surface area is 143 Å². The molecule has 0 aromatic carbocycles. The van der Waals surface area contributed by atoms with Crippen molar-refractivity contribution in [1.82, 2.24) is 0 Å². The molecular weight excluding hydrogens is 302 g/mol. The van der Waals surface area contributed by atoms with E-state index in [1.165, 1.54) is 0 Å². The van der Waals surface area contributed by atoms with Crippen LogP contribution in [-0.2, 0) is 4.79 Å². The third-order valence-electron chi connectivity index (χ3n) is 8.49. The molecule has 130 valence electrons. The van der Waals surface area contributed by atoms with Gasteiger partial charge in [-0.25, -0.2) is 0 Å². The molecule has 0 aromatic rings. The predicted octanol–water partition coefficient (Wildman–Crippen LogP) is 2.89. The first-order chi connectivity index (χ1) is 11.2. The van der Waals surface area contributed by atoms with Crippen molar-refractivity contribution in [3.63, 3.8) is 0 Å². The highest BCUT2D eigenvalue weighted by Gasteiger charge is 2.69. The summed E-state index contributed by atoms with van der Waals surface area (Å²) in [7, 11) is 0. The fourth-order valence-corrected chi connectivity index (χ4v) is 6.70.